The van der Waals surface area contributed by atoms with Crippen LogP contribution in [0.4, 0.5) is 11.4 Å². The zero-order valence-corrected chi connectivity index (χ0v) is 11.8. The van der Waals surface area contributed by atoms with Crippen LogP contribution in [0.1, 0.15) is 20.8 Å². The van der Waals surface area contributed by atoms with E-state index in [4.69, 9.17) is 5.73 Å². The van der Waals surface area contributed by atoms with Crippen molar-refractivity contribution in [2.24, 2.45) is 5.92 Å². The Balaban J connectivity index is 2.94. The molecule has 0 atom stereocenters. The average molecular weight is 277 g/mol. The summed E-state index contributed by atoms with van der Waals surface area (Å²) in [6.07, 6.45) is 0. The first-order valence-electron chi connectivity index (χ1n) is 6.31. The molecule has 3 N–H and O–H groups in total. The molecule has 20 heavy (non-hydrogen) atoms. The number of nitrogens with zero attached hydrogens (tertiary/aromatic N) is 1. The lowest BCUT2D eigenvalue weighted by Crippen LogP contribution is -2.46. The minimum Gasteiger partial charge on any atom is -0.399 e. The predicted molar refractivity (Wildman–Crippen MR) is 76.9 cm³/mol. The Morgan fingerprint density at radius 3 is 2.45 bits per heavy atom. The molecular weight excluding hydrogens is 258 g/mol. The van der Waals surface area contributed by atoms with E-state index in [0.717, 1.165) is 4.90 Å². The van der Waals surface area contributed by atoms with E-state index in [-0.39, 0.29) is 11.6 Å². The standard InChI is InChI=1S/C14H19N3O3/c1-9(2)8-16-13(19)14(20)17(10(3)18)12-6-4-5-11(15)7-12/h4-7,9H,8,15H2,1-3H3,(H,16,19). The largest absolute Gasteiger partial charge is 0.399 e. The van der Waals surface area contributed by atoms with Crippen LogP contribution < -0.4 is 16.0 Å². The third-order valence-electron chi connectivity index (χ3n) is 2.51. The molecule has 0 bridgehead atoms. The maximum atomic E-state index is 12.1. The van der Waals surface area contributed by atoms with Crippen molar-refractivity contribution in [2.75, 3.05) is 17.2 Å². The van der Waals surface area contributed by atoms with Gasteiger partial charge < -0.3 is 11.1 Å². The van der Waals surface area contributed by atoms with E-state index in [0.29, 0.717) is 12.2 Å². The van der Waals surface area contributed by atoms with Gasteiger partial charge in [0.2, 0.25) is 5.91 Å². The number of hydrogen-bond donors (Lipinski definition) is 2. The molecule has 1 aromatic rings. The van der Waals surface area contributed by atoms with E-state index in [1.165, 1.54) is 13.0 Å². The molecule has 0 radical (unpaired) electrons. The first kappa shape index (κ1) is 15.7. The fraction of sp³-hybridized carbons (Fsp3) is 0.357. The molecule has 6 heteroatoms. The molecule has 3 amide bonds. The SMILES string of the molecule is CC(=O)N(C(=O)C(=O)NCC(C)C)c1cccc(N)c1. The van der Waals surface area contributed by atoms with E-state index in [1.54, 1.807) is 18.2 Å². The zero-order chi connectivity index (χ0) is 15.3. The van der Waals surface area contributed by atoms with Crippen LogP contribution in [0.2, 0.25) is 0 Å². The van der Waals surface area contributed by atoms with Gasteiger partial charge in [-0.25, -0.2) is 4.90 Å². The third kappa shape index (κ3) is 4.08. The molecule has 1 rings (SSSR count). The van der Waals surface area contributed by atoms with Crippen molar-refractivity contribution in [1.82, 2.24) is 5.32 Å². The quantitative estimate of drug-likeness (QED) is 0.634. The number of nitrogen functional groups attached to an aromatic ring is 1. The Hall–Kier alpha value is -2.37. The molecule has 0 aliphatic heterocycles. The van der Waals surface area contributed by atoms with Crippen LogP contribution in [-0.4, -0.2) is 24.3 Å². The summed E-state index contributed by atoms with van der Waals surface area (Å²) in [7, 11) is 0. The number of carbonyl (C=O) groups is 3. The van der Waals surface area contributed by atoms with Crippen LogP contribution in [-0.2, 0) is 14.4 Å². The van der Waals surface area contributed by atoms with Gasteiger partial charge in [-0.05, 0) is 24.1 Å². The number of carbonyl (C=O) groups excluding carboxylic acids is 3. The van der Waals surface area contributed by atoms with Gasteiger partial charge in [-0.1, -0.05) is 19.9 Å². The summed E-state index contributed by atoms with van der Waals surface area (Å²) in [6, 6.07) is 6.26. The number of nitrogens with two attached hydrogens (primary N) is 1. The number of amides is 3. The highest BCUT2D eigenvalue weighted by Gasteiger charge is 2.26. The van der Waals surface area contributed by atoms with E-state index < -0.39 is 17.7 Å². The summed E-state index contributed by atoms with van der Waals surface area (Å²) < 4.78 is 0. The Kier molecular flexibility index (Phi) is 5.25. The van der Waals surface area contributed by atoms with Gasteiger partial charge in [0.1, 0.15) is 0 Å². The molecule has 0 fully saturated rings. The van der Waals surface area contributed by atoms with Crippen molar-refractivity contribution in [3.05, 3.63) is 24.3 Å². The van der Waals surface area contributed by atoms with Crippen LogP contribution in [0.5, 0.6) is 0 Å². The van der Waals surface area contributed by atoms with Crippen molar-refractivity contribution in [3.8, 4) is 0 Å². The molecule has 0 saturated heterocycles. The predicted octanol–water partition coefficient (Wildman–Crippen LogP) is 0.920. The topological polar surface area (TPSA) is 92.5 Å². The van der Waals surface area contributed by atoms with Crippen molar-refractivity contribution >= 4 is 29.1 Å². The normalized spacial score (nSPS) is 10.2. The summed E-state index contributed by atoms with van der Waals surface area (Å²) in [6.45, 7) is 5.40. The number of rotatable bonds is 3. The first-order chi connectivity index (χ1) is 9.32. The highest BCUT2D eigenvalue weighted by Crippen LogP contribution is 2.18. The monoisotopic (exact) mass is 277 g/mol. The summed E-state index contributed by atoms with van der Waals surface area (Å²) in [4.78, 5) is 36.3. The van der Waals surface area contributed by atoms with Gasteiger partial charge in [0, 0.05) is 19.2 Å². The van der Waals surface area contributed by atoms with E-state index >= 15 is 0 Å². The lowest BCUT2D eigenvalue weighted by molar-refractivity contribution is -0.139. The van der Waals surface area contributed by atoms with Crippen LogP contribution in [0, 0.1) is 5.92 Å². The van der Waals surface area contributed by atoms with Gasteiger partial charge >= 0.3 is 11.8 Å². The second kappa shape index (κ2) is 6.70. The van der Waals surface area contributed by atoms with Crippen LogP contribution >= 0.6 is 0 Å². The lowest BCUT2D eigenvalue weighted by atomic mass is 10.2. The molecule has 108 valence electrons. The molecular formula is C14H19N3O3. The summed E-state index contributed by atoms with van der Waals surface area (Å²) >= 11 is 0. The van der Waals surface area contributed by atoms with E-state index in [2.05, 4.69) is 5.32 Å². The lowest BCUT2D eigenvalue weighted by Gasteiger charge is -2.19. The highest BCUT2D eigenvalue weighted by molar-refractivity contribution is 6.45. The van der Waals surface area contributed by atoms with Crippen molar-refractivity contribution in [3.63, 3.8) is 0 Å². The fourth-order valence-electron chi connectivity index (χ4n) is 1.58. The van der Waals surface area contributed by atoms with Gasteiger partial charge in [0.25, 0.3) is 0 Å². The average Bonchev–Trinajstić information content (AvgIpc) is 2.35. The third-order valence-corrected chi connectivity index (χ3v) is 2.51. The number of hydrogen-bond acceptors (Lipinski definition) is 4. The second-order valence-electron chi connectivity index (χ2n) is 4.86. The molecule has 0 unspecified atom stereocenters. The Labute approximate surface area is 117 Å². The fourth-order valence-corrected chi connectivity index (χ4v) is 1.58. The molecule has 0 aliphatic rings. The number of imide groups is 1. The molecule has 6 nitrogen and oxygen atoms in total. The van der Waals surface area contributed by atoms with Crippen LogP contribution in [0.25, 0.3) is 0 Å². The number of benzene rings is 1. The smallest absolute Gasteiger partial charge is 0.323 e. The Morgan fingerprint density at radius 2 is 1.95 bits per heavy atom. The number of nitrogens with one attached hydrogen (secondary N) is 1. The minimum atomic E-state index is -0.913. The van der Waals surface area contributed by atoms with Gasteiger partial charge in [0.05, 0.1) is 5.69 Å². The Morgan fingerprint density at radius 1 is 1.30 bits per heavy atom. The molecule has 1 aromatic carbocycles. The molecule has 0 spiro atoms. The van der Waals surface area contributed by atoms with Gasteiger partial charge in [-0.2, -0.15) is 0 Å². The van der Waals surface area contributed by atoms with Gasteiger partial charge in [-0.15, -0.1) is 0 Å². The van der Waals surface area contributed by atoms with E-state index in [9.17, 15) is 14.4 Å². The summed E-state index contributed by atoms with van der Waals surface area (Å²) in [5.74, 6) is -2.05. The van der Waals surface area contributed by atoms with E-state index in [1.807, 2.05) is 13.8 Å². The Bertz CT molecular complexity index is 526. The molecule has 0 heterocycles. The van der Waals surface area contributed by atoms with Crippen molar-refractivity contribution in [1.29, 1.82) is 0 Å². The van der Waals surface area contributed by atoms with Crippen LogP contribution in [0.3, 0.4) is 0 Å². The maximum absolute atomic E-state index is 12.1. The van der Waals surface area contributed by atoms with Gasteiger partial charge in [0.15, 0.2) is 0 Å². The second-order valence-corrected chi connectivity index (χ2v) is 4.86. The summed E-state index contributed by atoms with van der Waals surface area (Å²) in [5.41, 5.74) is 6.31. The minimum absolute atomic E-state index is 0.213. The maximum Gasteiger partial charge on any atom is 0.323 e. The van der Waals surface area contributed by atoms with Gasteiger partial charge in [-0.3, -0.25) is 14.4 Å². The first-order valence-corrected chi connectivity index (χ1v) is 6.31. The van der Waals surface area contributed by atoms with Crippen LogP contribution in [0.15, 0.2) is 24.3 Å². The highest BCUT2D eigenvalue weighted by atomic mass is 16.2. The summed E-state index contributed by atoms with van der Waals surface area (Å²) in [5, 5.41) is 2.49. The number of anilines is 2. The van der Waals surface area contributed by atoms with Crippen molar-refractivity contribution in [2.45, 2.75) is 20.8 Å². The molecule has 0 aromatic heterocycles. The zero-order valence-electron chi connectivity index (χ0n) is 11.8. The van der Waals surface area contributed by atoms with Crippen molar-refractivity contribution < 1.29 is 14.4 Å². The molecule has 0 saturated carbocycles. The molecule has 0 aliphatic carbocycles.